The first-order chi connectivity index (χ1) is 5.84. The Morgan fingerprint density at radius 2 is 2.33 bits per heavy atom. The third kappa shape index (κ3) is 3.11. The summed E-state index contributed by atoms with van der Waals surface area (Å²) in [4.78, 5) is 1.22. The van der Waals surface area contributed by atoms with Crippen molar-refractivity contribution in [1.82, 2.24) is 10.6 Å². The van der Waals surface area contributed by atoms with Gasteiger partial charge < -0.3 is 10.6 Å². The van der Waals surface area contributed by atoms with Gasteiger partial charge in [-0.15, -0.1) is 11.3 Å². The lowest BCUT2D eigenvalue weighted by atomic mass is 10.4. The molecule has 68 valence electrons. The third-order valence-corrected chi connectivity index (χ3v) is 2.92. The molecule has 1 aromatic heterocycles. The number of hydrogen-bond acceptors (Lipinski definition) is 3. The lowest BCUT2D eigenvalue weighted by Gasteiger charge is -2.01. The van der Waals surface area contributed by atoms with Crippen LogP contribution in [0.5, 0.6) is 0 Å². The van der Waals surface area contributed by atoms with E-state index in [1.807, 2.05) is 18.5 Å². The molecule has 0 aliphatic heterocycles. The number of hydrogen-bond donors (Lipinski definition) is 2. The topological polar surface area (TPSA) is 24.1 Å². The standard InChI is InChI=1S/C8H13ClN2S/c1-10-3-4-11-6-8-7(9)2-5-12-8/h2,5,10-11H,3-4,6H2,1H3. The summed E-state index contributed by atoms with van der Waals surface area (Å²) in [5.74, 6) is 0. The predicted molar refractivity (Wildman–Crippen MR) is 55.0 cm³/mol. The molecule has 1 rings (SSSR count). The van der Waals surface area contributed by atoms with Crippen LogP contribution in [0.1, 0.15) is 4.88 Å². The van der Waals surface area contributed by atoms with Crippen LogP contribution in [0.15, 0.2) is 11.4 Å². The van der Waals surface area contributed by atoms with E-state index in [-0.39, 0.29) is 0 Å². The van der Waals surface area contributed by atoms with E-state index < -0.39 is 0 Å². The predicted octanol–water partition coefficient (Wildman–Crippen LogP) is 1.71. The monoisotopic (exact) mass is 204 g/mol. The first-order valence-corrected chi connectivity index (χ1v) is 5.17. The van der Waals surface area contributed by atoms with Crippen molar-refractivity contribution in [3.05, 3.63) is 21.3 Å². The highest BCUT2D eigenvalue weighted by Gasteiger charge is 1.99. The molecule has 0 amide bonds. The Bertz CT molecular complexity index is 225. The fraction of sp³-hybridized carbons (Fsp3) is 0.500. The Hall–Kier alpha value is -0.0900. The number of nitrogens with one attached hydrogen (secondary N) is 2. The van der Waals surface area contributed by atoms with Gasteiger partial charge in [0.15, 0.2) is 0 Å². The Morgan fingerprint density at radius 3 is 2.92 bits per heavy atom. The van der Waals surface area contributed by atoms with E-state index in [0.717, 1.165) is 24.7 Å². The van der Waals surface area contributed by atoms with Crippen molar-refractivity contribution in [2.75, 3.05) is 20.1 Å². The lowest BCUT2D eigenvalue weighted by molar-refractivity contribution is 0.655. The van der Waals surface area contributed by atoms with Gasteiger partial charge in [-0.1, -0.05) is 11.6 Å². The van der Waals surface area contributed by atoms with Crippen LogP contribution in [0, 0.1) is 0 Å². The van der Waals surface area contributed by atoms with Crippen molar-refractivity contribution in [3.8, 4) is 0 Å². The summed E-state index contributed by atoms with van der Waals surface area (Å²) in [5, 5.41) is 9.25. The molecule has 0 spiro atoms. The molecule has 0 aromatic carbocycles. The molecule has 0 fully saturated rings. The molecule has 0 saturated carbocycles. The number of rotatable bonds is 5. The van der Waals surface area contributed by atoms with Crippen LogP contribution in [0.4, 0.5) is 0 Å². The largest absolute Gasteiger partial charge is 0.318 e. The molecule has 2 N–H and O–H groups in total. The fourth-order valence-corrected chi connectivity index (χ4v) is 1.94. The minimum Gasteiger partial charge on any atom is -0.318 e. The quantitative estimate of drug-likeness (QED) is 0.714. The molecule has 4 heteroatoms. The first kappa shape index (κ1) is 9.99. The summed E-state index contributed by atoms with van der Waals surface area (Å²) in [5.41, 5.74) is 0. The third-order valence-electron chi connectivity index (χ3n) is 1.53. The Morgan fingerprint density at radius 1 is 1.50 bits per heavy atom. The molecule has 1 aromatic rings. The van der Waals surface area contributed by atoms with Crippen molar-refractivity contribution in [3.63, 3.8) is 0 Å². The highest BCUT2D eigenvalue weighted by molar-refractivity contribution is 7.10. The molecule has 0 atom stereocenters. The molecular formula is C8H13ClN2S. The molecule has 2 nitrogen and oxygen atoms in total. The summed E-state index contributed by atoms with van der Waals surface area (Å²) in [7, 11) is 1.94. The molecule has 12 heavy (non-hydrogen) atoms. The van der Waals surface area contributed by atoms with Gasteiger partial charge in [-0.3, -0.25) is 0 Å². The van der Waals surface area contributed by atoms with Crippen LogP contribution in [-0.2, 0) is 6.54 Å². The van der Waals surface area contributed by atoms with Crippen LogP contribution >= 0.6 is 22.9 Å². The summed E-state index contributed by atoms with van der Waals surface area (Å²) >= 11 is 7.60. The van der Waals surface area contributed by atoms with Gasteiger partial charge in [0.2, 0.25) is 0 Å². The van der Waals surface area contributed by atoms with E-state index in [1.54, 1.807) is 11.3 Å². The van der Waals surface area contributed by atoms with E-state index in [1.165, 1.54) is 4.88 Å². The van der Waals surface area contributed by atoms with Gasteiger partial charge in [-0.25, -0.2) is 0 Å². The maximum atomic E-state index is 5.91. The van der Waals surface area contributed by atoms with E-state index in [0.29, 0.717) is 0 Å². The Kier molecular flexibility index (Phi) is 4.61. The van der Waals surface area contributed by atoms with Crippen LogP contribution in [0.3, 0.4) is 0 Å². The summed E-state index contributed by atoms with van der Waals surface area (Å²) in [6.45, 7) is 2.84. The van der Waals surface area contributed by atoms with Gasteiger partial charge in [-0.2, -0.15) is 0 Å². The van der Waals surface area contributed by atoms with E-state index >= 15 is 0 Å². The molecule has 0 unspecified atom stereocenters. The minimum atomic E-state index is 0.872. The molecule has 0 saturated heterocycles. The van der Waals surface area contributed by atoms with E-state index in [4.69, 9.17) is 11.6 Å². The van der Waals surface area contributed by atoms with Crippen molar-refractivity contribution < 1.29 is 0 Å². The molecule has 0 aliphatic rings. The maximum absolute atomic E-state index is 5.91. The van der Waals surface area contributed by atoms with Crippen molar-refractivity contribution in [2.45, 2.75) is 6.54 Å². The van der Waals surface area contributed by atoms with Crippen LogP contribution in [0.25, 0.3) is 0 Å². The van der Waals surface area contributed by atoms with Crippen molar-refractivity contribution in [2.24, 2.45) is 0 Å². The Labute approximate surface area is 81.9 Å². The summed E-state index contributed by atoms with van der Waals surface area (Å²) in [6, 6.07) is 1.93. The highest BCUT2D eigenvalue weighted by atomic mass is 35.5. The van der Waals surface area contributed by atoms with Gasteiger partial charge in [0.25, 0.3) is 0 Å². The number of thiophene rings is 1. The van der Waals surface area contributed by atoms with E-state index in [2.05, 4.69) is 10.6 Å². The molecular weight excluding hydrogens is 192 g/mol. The van der Waals surface area contributed by atoms with Gasteiger partial charge in [0, 0.05) is 24.5 Å². The van der Waals surface area contributed by atoms with E-state index in [9.17, 15) is 0 Å². The van der Waals surface area contributed by atoms with Crippen molar-refractivity contribution >= 4 is 22.9 Å². The number of likely N-dealkylation sites (N-methyl/N-ethyl adjacent to an activating group) is 1. The Balaban J connectivity index is 2.20. The zero-order valence-corrected chi connectivity index (χ0v) is 8.63. The zero-order chi connectivity index (χ0) is 8.81. The fourth-order valence-electron chi connectivity index (χ4n) is 0.867. The normalized spacial score (nSPS) is 10.5. The van der Waals surface area contributed by atoms with Gasteiger partial charge >= 0.3 is 0 Å². The average molecular weight is 205 g/mol. The second kappa shape index (κ2) is 5.54. The second-order valence-corrected chi connectivity index (χ2v) is 3.88. The SMILES string of the molecule is CNCCNCc1sccc1Cl. The smallest absolute Gasteiger partial charge is 0.0558 e. The highest BCUT2D eigenvalue weighted by Crippen LogP contribution is 2.21. The summed E-state index contributed by atoms with van der Waals surface area (Å²) < 4.78 is 0. The maximum Gasteiger partial charge on any atom is 0.0558 e. The first-order valence-electron chi connectivity index (χ1n) is 3.92. The second-order valence-electron chi connectivity index (χ2n) is 2.47. The minimum absolute atomic E-state index is 0.872. The van der Waals surface area contributed by atoms with Crippen LogP contribution in [-0.4, -0.2) is 20.1 Å². The molecule has 1 heterocycles. The van der Waals surface area contributed by atoms with Gasteiger partial charge in [0.1, 0.15) is 0 Å². The average Bonchev–Trinajstić information content (AvgIpc) is 2.46. The molecule has 0 aliphatic carbocycles. The van der Waals surface area contributed by atoms with Crippen LogP contribution in [0.2, 0.25) is 5.02 Å². The molecule has 0 radical (unpaired) electrons. The van der Waals surface area contributed by atoms with Gasteiger partial charge in [0.05, 0.1) is 5.02 Å². The van der Waals surface area contributed by atoms with Crippen LogP contribution < -0.4 is 10.6 Å². The zero-order valence-electron chi connectivity index (χ0n) is 7.06. The summed E-state index contributed by atoms with van der Waals surface area (Å²) in [6.07, 6.45) is 0. The lowest BCUT2D eigenvalue weighted by Crippen LogP contribution is -2.24. The van der Waals surface area contributed by atoms with Gasteiger partial charge in [-0.05, 0) is 18.5 Å². The number of halogens is 1. The molecule has 0 bridgehead atoms. The van der Waals surface area contributed by atoms with Crippen molar-refractivity contribution in [1.29, 1.82) is 0 Å².